The van der Waals surface area contributed by atoms with Crippen LogP contribution >= 0.6 is 33.9 Å². The van der Waals surface area contributed by atoms with Crippen LogP contribution in [0.2, 0.25) is 0 Å². The second-order valence-electron chi connectivity index (χ2n) is 4.01. The van der Waals surface area contributed by atoms with Crippen LogP contribution in [0.5, 0.6) is 0 Å². The molecule has 14 heavy (non-hydrogen) atoms. The van der Waals surface area contributed by atoms with Gasteiger partial charge in [0.1, 0.15) is 0 Å². The quantitative estimate of drug-likeness (QED) is 0.834. The average Bonchev–Trinajstić information content (AvgIpc) is 2.49. The fraction of sp³-hybridized carbons (Fsp3) is 0.500. The minimum Gasteiger partial charge on any atom is -0.347 e. The lowest BCUT2D eigenvalue weighted by molar-refractivity contribution is 0.0851. The number of thiophene rings is 1. The van der Waals surface area contributed by atoms with Crippen LogP contribution in [-0.2, 0) is 0 Å². The first kappa shape index (κ1) is 10.4. The molecule has 1 aliphatic carbocycles. The minimum atomic E-state index is 0.0600. The molecule has 0 saturated heterocycles. The maximum Gasteiger partial charge on any atom is 0.252 e. The summed E-state index contributed by atoms with van der Waals surface area (Å²) in [6.07, 6.45) is 3.46. The van der Waals surface area contributed by atoms with E-state index in [4.69, 9.17) is 0 Å². The molecule has 1 aromatic heterocycles. The average molecular weight is 321 g/mol. The van der Waals surface area contributed by atoms with Gasteiger partial charge in [-0.3, -0.25) is 4.79 Å². The summed E-state index contributed by atoms with van der Waals surface area (Å²) in [6.45, 7) is 2.12. The Labute approximate surface area is 101 Å². The fourth-order valence-corrected chi connectivity index (χ4v) is 2.93. The third-order valence-corrected chi connectivity index (χ3v) is 4.49. The second-order valence-corrected chi connectivity index (χ2v) is 6.81. The molecule has 0 radical (unpaired) electrons. The summed E-state index contributed by atoms with van der Waals surface area (Å²) in [5, 5.41) is 5.00. The highest BCUT2D eigenvalue weighted by molar-refractivity contribution is 14.1. The van der Waals surface area contributed by atoms with Crippen molar-refractivity contribution in [2.45, 2.75) is 31.7 Å². The Morgan fingerprint density at radius 1 is 1.64 bits per heavy atom. The first-order valence-corrected chi connectivity index (χ1v) is 6.61. The molecule has 4 heteroatoms. The van der Waals surface area contributed by atoms with E-state index in [1.165, 1.54) is 6.42 Å². The fourth-order valence-electron chi connectivity index (χ4n) is 1.61. The van der Waals surface area contributed by atoms with Crippen molar-refractivity contribution in [3.63, 3.8) is 0 Å². The predicted molar refractivity (Wildman–Crippen MR) is 66.8 cm³/mol. The molecule has 0 aliphatic heterocycles. The molecule has 0 atom stereocenters. The highest BCUT2D eigenvalue weighted by Crippen LogP contribution is 2.31. The van der Waals surface area contributed by atoms with Crippen molar-refractivity contribution < 1.29 is 4.79 Å². The molecule has 1 aliphatic rings. The third-order valence-electron chi connectivity index (χ3n) is 2.70. The van der Waals surface area contributed by atoms with E-state index in [0.29, 0.717) is 0 Å². The molecular weight excluding hydrogens is 309 g/mol. The van der Waals surface area contributed by atoms with Crippen LogP contribution in [0.4, 0.5) is 0 Å². The van der Waals surface area contributed by atoms with Crippen LogP contribution in [0.3, 0.4) is 0 Å². The number of carbonyl (C=O) groups excluding carboxylic acids is 1. The first-order chi connectivity index (χ1) is 6.59. The van der Waals surface area contributed by atoms with E-state index in [1.54, 1.807) is 11.3 Å². The van der Waals surface area contributed by atoms with E-state index < -0.39 is 0 Å². The second kappa shape index (κ2) is 3.81. The Hall–Kier alpha value is -0.100. The van der Waals surface area contributed by atoms with E-state index in [2.05, 4.69) is 34.8 Å². The van der Waals surface area contributed by atoms with E-state index in [1.807, 2.05) is 11.4 Å². The van der Waals surface area contributed by atoms with Crippen molar-refractivity contribution in [2.24, 2.45) is 0 Å². The zero-order valence-electron chi connectivity index (χ0n) is 7.97. The highest BCUT2D eigenvalue weighted by atomic mass is 127. The molecule has 0 unspecified atom stereocenters. The maximum absolute atomic E-state index is 11.8. The van der Waals surface area contributed by atoms with E-state index in [-0.39, 0.29) is 11.4 Å². The maximum atomic E-state index is 11.8. The number of hydrogen-bond donors (Lipinski definition) is 1. The van der Waals surface area contributed by atoms with E-state index in [9.17, 15) is 4.79 Å². The van der Waals surface area contributed by atoms with Gasteiger partial charge in [0.15, 0.2) is 0 Å². The monoisotopic (exact) mass is 321 g/mol. The Balaban J connectivity index is 2.02. The van der Waals surface area contributed by atoms with Gasteiger partial charge in [-0.1, -0.05) is 0 Å². The minimum absolute atomic E-state index is 0.0600. The molecule has 1 aromatic rings. The van der Waals surface area contributed by atoms with Crippen LogP contribution < -0.4 is 5.32 Å². The van der Waals surface area contributed by atoms with Crippen LogP contribution in [-0.4, -0.2) is 11.4 Å². The number of nitrogens with one attached hydrogen (secondary N) is 1. The Morgan fingerprint density at radius 2 is 2.36 bits per heavy atom. The van der Waals surface area contributed by atoms with Gasteiger partial charge >= 0.3 is 0 Å². The van der Waals surface area contributed by atoms with Crippen molar-refractivity contribution in [3.05, 3.63) is 19.9 Å². The van der Waals surface area contributed by atoms with Crippen molar-refractivity contribution in [3.8, 4) is 0 Å². The zero-order valence-corrected chi connectivity index (χ0v) is 10.9. The van der Waals surface area contributed by atoms with Gasteiger partial charge in [0.05, 0.1) is 8.45 Å². The SMILES string of the molecule is CC1(NC(=O)c2csc(I)c2)CCC1. The normalized spacial score (nSPS) is 18.7. The molecule has 2 rings (SSSR count). The molecule has 2 nitrogen and oxygen atoms in total. The molecule has 0 spiro atoms. The smallest absolute Gasteiger partial charge is 0.252 e. The molecule has 0 bridgehead atoms. The van der Waals surface area contributed by atoms with E-state index in [0.717, 1.165) is 21.3 Å². The molecule has 1 N–H and O–H groups in total. The van der Waals surface area contributed by atoms with Crippen LogP contribution in [0.15, 0.2) is 11.4 Å². The predicted octanol–water partition coefficient (Wildman–Crippen LogP) is 3.03. The standard InChI is InChI=1S/C10H12INOS/c1-10(3-2-4-10)12-9(13)7-5-8(11)14-6-7/h5-6H,2-4H2,1H3,(H,12,13). The summed E-state index contributed by atoms with van der Waals surface area (Å²) < 4.78 is 1.16. The van der Waals surface area contributed by atoms with Gasteiger partial charge in [0.25, 0.3) is 5.91 Å². The molecule has 76 valence electrons. The molecule has 1 saturated carbocycles. The van der Waals surface area contributed by atoms with Gasteiger partial charge in [-0.15, -0.1) is 11.3 Å². The summed E-state index contributed by atoms with van der Waals surface area (Å²) in [4.78, 5) is 11.8. The zero-order chi connectivity index (χ0) is 10.2. The third kappa shape index (κ3) is 2.11. The molecule has 1 fully saturated rings. The topological polar surface area (TPSA) is 29.1 Å². The molecular formula is C10H12INOS. The largest absolute Gasteiger partial charge is 0.347 e. The van der Waals surface area contributed by atoms with Gasteiger partial charge in [0.2, 0.25) is 0 Å². The number of amides is 1. The number of hydrogen-bond acceptors (Lipinski definition) is 2. The van der Waals surface area contributed by atoms with Crippen LogP contribution in [0.1, 0.15) is 36.5 Å². The summed E-state index contributed by atoms with van der Waals surface area (Å²) in [7, 11) is 0. The van der Waals surface area contributed by atoms with Gasteiger partial charge < -0.3 is 5.32 Å². The van der Waals surface area contributed by atoms with Gasteiger partial charge in [-0.2, -0.15) is 0 Å². The first-order valence-electron chi connectivity index (χ1n) is 4.66. The Bertz CT molecular complexity index is 357. The molecule has 1 heterocycles. The lowest BCUT2D eigenvalue weighted by Crippen LogP contribution is -2.50. The van der Waals surface area contributed by atoms with Gasteiger partial charge in [0, 0.05) is 10.9 Å². The van der Waals surface area contributed by atoms with Crippen molar-refractivity contribution >= 4 is 39.8 Å². The number of rotatable bonds is 2. The van der Waals surface area contributed by atoms with Gasteiger partial charge in [-0.05, 0) is 54.8 Å². The molecule has 0 aromatic carbocycles. The summed E-state index contributed by atoms with van der Waals surface area (Å²) in [6, 6.07) is 1.93. The van der Waals surface area contributed by atoms with E-state index >= 15 is 0 Å². The Morgan fingerprint density at radius 3 is 2.79 bits per heavy atom. The summed E-state index contributed by atoms with van der Waals surface area (Å²) >= 11 is 3.84. The Kier molecular flexibility index (Phi) is 2.83. The van der Waals surface area contributed by atoms with Crippen molar-refractivity contribution in [2.75, 3.05) is 0 Å². The van der Waals surface area contributed by atoms with Crippen molar-refractivity contribution in [1.29, 1.82) is 0 Å². The number of halogens is 1. The lowest BCUT2D eigenvalue weighted by atomic mass is 9.78. The van der Waals surface area contributed by atoms with Crippen LogP contribution in [0.25, 0.3) is 0 Å². The lowest BCUT2D eigenvalue weighted by Gasteiger charge is -2.39. The number of carbonyl (C=O) groups is 1. The highest BCUT2D eigenvalue weighted by Gasteiger charge is 2.33. The van der Waals surface area contributed by atoms with Crippen molar-refractivity contribution in [1.82, 2.24) is 5.32 Å². The summed E-state index contributed by atoms with van der Waals surface area (Å²) in [5.41, 5.74) is 0.859. The van der Waals surface area contributed by atoms with Crippen LogP contribution in [0, 0.1) is 2.88 Å². The summed E-state index contributed by atoms with van der Waals surface area (Å²) in [5.74, 6) is 0.0753. The van der Waals surface area contributed by atoms with Gasteiger partial charge in [-0.25, -0.2) is 0 Å². The molecule has 1 amide bonds.